The van der Waals surface area contributed by atoms with Gasteiger partial charge in [0.15, 0.2) is 0 Å². The third-order valence-electron chi connectivity index (χ3n) is 4.80. The molecule has 1 fully saturated rings. The fraction of sp³-hybridized carbons (Fsp3) is 0.353. The van der Waals surface area contributed by atoms with Gasteiger partial charge in [-0.1, -0.05) is 0 Å². The van der Waals surface area contributed by atoms with Gasteiger partial charge in [0.2, 0.25) is 5.95 Å². The van der Waals surface area contributed by atoms with Gasteiger partial charge in [-0.15, -0.1) is 0 Å². The number of fused-ring (bicyclic) bond motifs is 1. The molecule has 0 aliphatic carbocycles. The summed E-state index contributed by atoms with van der Waals surface area (Å²) in [7, 11) is 4.32. The Labute approximate surface area is 140 Å². The van der Waals surface area contributed by atoms with Gasteiger partial charge in [-0.2, -0.15) is 0 Å². The van der Waals surface area contributed by atoms with Gasteiger partial charge >= 0.3 is 0 Å². The van der Waals surface area contributed by atoms with E-state index in [1.807, 2.05) is 18.5 Å². The molecule has 7 nitrogen and oxygen atoms in total. The predicted octanol–water partition coefficient (Wildman–Crippen LogP) is 1.74. The van der Waals surface area contributed by atoms with Crippen molar-refractivity contribution in [2.75, 3.05) is 37.8 Å². The number of hydrogen-bond donors (Lipinski definition) is 2. The maximum atomic E-state index is 5.76. The lowest BCUT2D eigenvalue weighted by Gasteiger charge is -2.27. The van der Waals surface area contributed by atoms with Crippen LogP contribution in [0.3, 0.4) is 0 Å². The van der Waals surface area contributed by atoms with E-state index in [9.17, 15) is 0 Å². The first kappa shape index (κ1) is 14.9. The van der Waals surface area contributed by atoms with Crippen LogP contribution < -0.4 is 10.6 Å². The smallest absolute Gasteiger partial charge is 0.220 e. The first-order valence-corrected chi connectivity index (χ1v) is 8.10. The fourth-order valence-corrected chi connectivity index (χ4v) is 3.48. The van der Waals surface area contributed by atoms with Crippen LogP contribution in [0.5, 0.6) is 0 Å². The van der Waals surface area contributed by atoms with Crippen LogP contribution >= 0.6 is 0 Å². The average Bonchev–Trinajstić information content (AvgIpc) is 3.20. The molecule has 3 N–H and O–H groups in total. The number of rotatable bonds is 3. The van der Waals surface area contributed by atoms with E-state index in [4.69, 9.17) is 5.73 Å². The lowest BCUT2D eigenvalue weighted by molar-refractivity contribution is 0.409. The summed E-state index contributed by atoms with van der Waals surface area (Å²) >= 11 is 0. The highest BCUT2D eigenvalue weighted by Crippen LogP contribution is 2.35. The number of likely N-dealkylation sites (N-methyl/N-ethyl adjacent to an activating group) is 2. The molecule has 1 unspecified atom stereocenters. The second-order valence-corrected chi connectivity index (χ2v) is 6.37. The molecule has 3 aromatic heterocycles. The van der Waals surface area contributed by atoms with Crippen molar-refractivity contribution in [3.05, 3.63) is 30.7 Å². The van der Waals surface area contributed by atoms with E-state index in [2.05, 4.69) is 49.9 Å². The third kappa shape index (κ3) is 2.46. The van der Waals surface area contributed by atoms with E-state index in [1.54, 1.807) is 6.20 Å². The van der Waals surface area contributed by atoms with E-state index in [-0.39, 0.29) is 5.95 Å². The summed E-state index contributed by atoms with van der Waals surface area (Å²) in [5, 5.41) is 1.08. The van der Waals surface area contributed by atoms with Crippen LogP contribution in [0.1, 0.15) is 6.42 Å². The van der Waals surface area contributed by atoms with Crippen molar-refractivity contribution in [1.82, 2.24) is 24.8 Å². The number of nitrogens with one attached hydrogen (secondary N) is 1. The van der Waals surface area contributed by atoms with Crippen molar-refractivity contribution in [3.63, 3.8) is 0 Å². The molecule has 1 saturated heterocycles. The summed E-state index contributed by atoms with van der Waals surface area (Å²) < 4.78 is 0. The quantitative estimate of drug-likeness (QED) is 0.763. The number of nitrogen functional groups attached to an aromatic ring is 1. The minimum atomic E-state index is 0.276. The molecule has 0 bridgehead atoms. The van der Waals surface area contributed by atoms with Gasteiger partial charge in [0, 0.05) is 43.8 Å². The fourth-order valence-electron chi connectivity index (χ4n) is 3.48. The Hall–Kier alpha value is -2.67. The molecule has 1 atom stereocenters. The van der Waals surface area contributed by atoms with Gasteiger partial charge in [-0.3, -0.25) is 0 Å². The van der Waals surface area contributed by atoms with Crippen molar-refractivity contribution in [1.29, 1.82) is 0 Å². The van der Waals surface area contributed by atoms with Crippen LogP contribution in [0.15, 0.2) is 30.7 Å². The number of likely N-dealkylation sites (tertiary alicyclic amines) is 1. The van der Waals surface area contributed by atoms with Gasteiger partial charge in [-0.05, 0) is 32.1 Å². The van der Waals surface area contributed by atoms with Crippen molar-refractivity contribution in [2.45, 2.75) is 12.5 Å². The van der Waals surface area contributed by atoms with E-state index < -0.39 is 0 Å². The number of aromatic amines is 1. The Balaban J connectivity index is 1.83. The summed E-state index contributed by atoms with van der Waals surface area (Å²) in [4.78, 5) is 20.8. The van der Waals surface area contributed by atoms with Crippen LogP contribution in [0.25, 0.3) is 22.3 Å². The van der Waals surface area contributed by atoms with E-state index in [0.29, 0.717) is 6.04 Å². The first-order chi connectivity index (χ1) is 11.6. The van der Waals surface area contributed by atoms with Gasteiger partial charge in [-0.25, -0.2) is 15.0 Å². The third-order valence-corrected chi connectivity index (χ3v) is 4.80. The highest BCUT2D eigenvalue weighted by molar-refractivity contribution is 6.02. The zero-order valence-corrected chi connectivity index (χ0v) is 13.9. The van der Waals surface area contributed by atoms with Crippen molar-refractivity contribution in [2.24, 2.45) is 0 Å². The molecule has 4 rings (SSSR count). The zero-order chi connectivity index (χ0) is 16.7. The van der Waals surface area contributed by atoms with Crippen molar-refractivity contribution < 1.29 is 0 Å². The highest BCUT2D eigenvalue weighted by atomic mass is 15.2. The van der Waals surface area contributed by atoms with Crippen LogP contribution in [0, 0.1) is 0 Å². The van der Waals surface area contributed by atoms with Gasteiger partial charge in [0.05, 0.1) is 16.8 Å². The summed E-state index contributed by atoms with van der Waals surface area (Å²) in [6.45, 7) is 2.20. The van der Waals surface area contributed by atoms with Gasteiger partial charge in [0.1, 0.15) is 5.65 Å². The highest BCUT2D eigenvalue weighted by Gasteiger charge is 2.25. The maximum absolute atomic E-state index is 5.76. The largest absolute Gasteiger partial charge is 0.370 e. The normalized spacial score (nSPS) is 18.3. The van der Waals surface area contributed by atoms with Crippen LogP contribution in [-0.2, 0) is 0 Å². The molecule has 1 aliphatic heterocycles. The Morgan fingerprint density at radius 3 is 2.88 bits per heavy atom. The number of anilines is 2. The summed E-state index contributed by atoms with van der Waals surface area (Å²) in [6, 6.07) is 4.44. The van der Waals surface area contributed by atoms with Crippen LogP contribution in [0.4, 0.5) is 11.6 Å². The minimum Gasteiger partial charge on any atom is -0.370 e. The molecule has 7 heteroatoms. The van der Waals surface area contributed by atoms with E-state index in [0.717, 1.165) is 47.5 Å². The minimum absolute atomic E-state index is 0.276. The number of aromatic nitrogens is 4. The number of H-pyrrole nitrogens is 1. The second-order valence-electron chi connectivity index (χ2n) is 6.37. The molecule has 0 spiro atoms. The van der Waals surface area contributed by atoms with Crippen LogP contribution in [0.2, 0.25) is 0 Å². The van der Waals surface area contributed by atoms with Gasteiger partial charge in [0.25, 0.3) is 0 Å². The van der Waals surface area contributed by atoms with Crippen molar-refractivity contribution in [3.8, 4) is 11.3 Å². The standard InChI is InChI=1S/C17H21N7/c1-23-8-5-11(10-23)24(2)14-4-7-19-16-15(14)12(9-21-16)13-3-6-20-17(18)22-13/h3-4,6-7,9,11H,5,8,10H2,1-2H3,(H,19,21)(H2,18,20,22). The molecule has 1 aliphatic rings. The Morgan fingerprint density at radius 2 is 2.12 bits per heavy atom. The topological polar surface area (TPSA) is 87.0 Å². The molecule has 0 aromatic carbocycles. The monoisotopic (exact) mass is 323 g/mol. The van der Waals surface area contributed by atoms with E-state index >= 15 is 0 Å². The molecule has 24 heavy (non-hydrogen) atoms. The molecule has 0 amide bonds. The summed E-state index contributed by atoms with van der Waals surface area (Å²) in [5.74, 6) is 0.276. The molecular weight excluding hydrogens is 302 g/mol. The van der Waals surface area contributed by atoms with Gasteiger partial charge < -0.3 is 20.5 Å². The summed E-state index contributed by atoms with van der Waals surface area (Å²) in [6.07, 6.45) is 6.64. The summed E-state index contributed by atoms with van der Waals surface area (Å²) in [5.41, 5.74) is 9.58. The van der Waals surface area contributed by atoms with Crippen LogP contribution in [-0.4, -0.2) is 58.1 Å². The zero-order valence-electron chi connectivity index (χ0n) is 13.9. The Kier molecular flexibility index (Phi) is 3.57. The van der Waals surface area contributed by atoms with Crippen molar-refractivity contribution >= 4 is 22.7 Å². The number of nitrogens with two attached hydrogens (primary N) is 1. The number of pyridine rings is 1. The molecule has 4 heterocycles. The Morgan fingerprint density at radius 1 is 1.29 bits per heavy atom. The molecule has 0 radical (unpaired) electrons. The molecule has 3 aromatic rings. The number of hydrogen-bond acceptors (Lipinski definition) is 6. The van der Waals surface area contributed by atoms with E-state index in [1.165, 1.54) is 0 Å². The molecule has 124 valence electrons. The Bertz CT molecular complexity index is 872. The maximum Gasteiger partial charge on any atom is 0.220 e. The molecule has 0 saturated carbocycles. The second kappa shape index (κ2) is 5.76. The number of nitrogens with zero attached hydrogens (tertiary/aromatic N) is 5. The molecular formula is C17H21N7. The first-order valence-electron chi connectivity index (χ1n) is 8.10. The predicted molar refractivity (Wildman–Crippen MR) is 95.8 cm³/mol. The lowest BCUT2D eigenvalue weighted by Crippen LogP contribution is -2.33. The average molecular weight is 323 g/mol. The lowest BCUT2D eigenvalue weighted by atomic mass is 10.1. The SMILES string of the molecule is CN1CCC(N(C)c2ccnc3[nH]cc(-c4ccnc(N)n4)c23)C1.